The zero-order valence-corrected chi connectivity index (χ0v) is 16.5. The molecule has 0 aliphatic carbocycles. The van der Waals surface area contributed by atoms with Gasteiger partial charge in [0.05, 0.1) is 36.2 Å². The standard InChI is InChI=1S/C22H24N4O2/c1-14-6-8-17-12-19(14)15(2)7-9-18-16(3)25-26(4)22(18)28-11-5-10-27-21-20(17)13-23-24-21/h6-9,12-13H,2,5,10-11H2,1,3-4H3,(H,23,24)/b9-7+. The minimum Gasteiger partial charge on any atom is -0.477 e. The number of fused-ring (bicyclic) bond motifs is 5. The summed E-state index contributed by atoms with van der Waals surface area (Å²) >= 11 is 0. The van der Waals surface area contributed by atoms with Gasteiger partial charge in [-0.3, -0.25) is 0 Å². The van der Waals surface area contributed by atoms with Gasteiger partial charge in [0.2, 0.25) is 11.8 Å². The quantitative estimate of drug-likeness (QED) is 0.635. The molecular weight excluding hydrogens is 352 g/mol. The highest BCUT2D eigenvalue weighted by Gasteiger charge is 2.15. The van der Waals surface area contributed by atoms with Crippen molar-refractivity contribution in [1.82, 2.24) is 20.0 Å². The normalized spacial score (nSPS) is 15.5. The topological polar surface area (TPSA) is 65.0 Å². The first-order valence-corrected chi connectivity index (χ1v) is 9.35. The molecule has 3 aromatic rings. The van der Waals surface area contributed by atoms with Crippen molar-refractivity contribution in [1.29, 1.82) is 0 Å². The van der Waals surface area contributed by atoms with Crippen molar-refractivity contribution < 1.29 is 9.47 Å². The number of ether oxygens (including phenoxy) is 2. The third-order valence-corrected chi connectivity index (χ3v) is 4.94. The van der Waals surface area contributed by atoms with E-state index in [2.05, 4.69) is 47.0 Å². The smallest absolute Gasteiger partial charge is 0.219 e. The molecule has 4 rings (SSSR count). The highest BCUT2D eigenvalue weighted by Crippen LogP contribution is 2.32. The number of hydrogen-bond donors (Lipinski definition) is 1. The Morgan fingerprint density at radius 3 is 2.79 bits per heavy atom. The van der Waals surface area contributed by atoms with Crippen molar-refractivity contribution >= 4 is 11.6 Å². The van der Waals surface area contributed by atoms with E-state index in [0.29, 0.717) is 19.1 Å². The predicted molar refractivity (Wildman–Crippen MR) is 110 cm³/mol. The molecule has 2 aromatic heterocycles. The molecule has 1 aliphatic heterocycles. The van der Waals surface area contributed by atoms with E-state index in [1.165, 1.54) is 0 Å². The molecule has 1 N–H and O–H groups in total. The highest BCUT2D eigenvalue weighted by atomic mass is 16.5. The van der Waals surface area contributed by atoms with Crippen LogP contribution < -0.4 is 9.47 Å². The van der Waals surface area contributed by atoms with Crippen molar-refractivity contribution in [3.8, 4) is 22.9 Å². The lowest BCUT2D eigenvalue weighted by molar-refractivity contribution is 0.231. The van der Waals surface area contributed by atoms with E-state index in [9.17, 15) is 0 Å². The van der Waals surface area contributed by atoms with Crippen LogP contribution in [-0.2, 0) is 7.05 Å². The van der Waals surface area contributed by atoms with Crippen LogP contribution in [0, 0.1) is 13.8 Å². The van der Waals surface area contributed by atoms with Crippen LogP contribution in [0.4, 0.5) is 0 Å². The number of H-pyrrole nitrogens is 1. The minimum atomic E-state index is 0.530. The fourth-order valence-corrected chi connectivity index (χ4v) is 3.42. The molecular formula is C22H24N4O2. The second kappa shape index (κ2) is 7.38. The Bertz CT molecular complexity index is 1060. The number of rotatable bonds is 0. The number of nitrogens with zero attached hydrogens (tertiary/aromatic N) is 3. The van der Waals surface area contributed by atoms with Gasteiger partial charge in [0, 0.05) is 13.5 Å². The van der Waals surface area contributed by atoms with Crippen molar-refractivity contribution in [3.63, 3.8) is 0 Å². The number of allylic oxidation sites excluding steroid dienone is 2. The molecule has 0 atom stereocenters. The van der Waals surface area contributed by atoms with Gasteiger partial charge in [-0.05, 0) is 48.3 Å². The van der Waals surface area contributed by atoms with E-state index in [-0.39, 0.29) is 0 Å². The average Bonchev–Trinajstić information content (AvgIpc) is 3.23. The average molecular weight is 376 g/mol. The number of aryl methyl sites for hydroxylation is 3. The minimum absolute atomic E-state index is 0.530. The summed E-state index contributed by atoms with van der Waals surface area (Å²) in [5, 5.41) is 11.6. The molecule has 1 aliphatic rings. The molecule has 144 valence electrons. The highest BCUT2D eigenvalue weighted by molar-refractivity contribution is 5.82. The lowest BCUT2D eigenvalue weighted by atomic mass is 9.96. The van der Waals surface area contributed by atoms with E-state index in [0.717, 1.165) is 51.4 Å². The Labute approximate surface area is 164 Å². The van der Waals surface area contributed by atoms with Gasteiger partial charge in [-0.15, -0.1) is 0 Å². The molecule has 0 spiro atoms. The Hall–Kier alpha value is -3.28. The molecule has 0 unspecified atom stereocenters. The Balaban J connectivity index is 1.79. The van der Waals surface area contributed by atoms with Gasteiger partial charge in [-0.25, -0.2) is 9.78 Å². The lowest BCUT2D eigenvalue weighted by Gasteiger charge is -2.10. The van der Waals surface area contributed by atoms with Crippen LogP contribution in [0.3, 0.4) is 0 Å². The van der Waals surface area contributed by atoms with Crippen molar-refractivity contribution in [2.45, 2.75) is 20.3 Å². The summed E-state index contributed by atoms with van der Waals surface area (Å²) in [4.78, 5) is 0. The largest absolute Gasteiger partial charge is 0.477 e. The van der Waals surface area contributed by atoms with Gasteiger partial charge in [0.25, 0.3) is 0 Å². The van der Waals surface area contributed by atoms with E-state index in [1.807, 2.05) is 26.1 Å². The van der Waals surface area contributed by atoms with Gasteiger partial charge < -0.3 is 9.47 Å². The molecule has 2 bridgehead atoms. The third-order valence-electron chi connectivity index (χ3n) is 4.94. The van der Waals surface area contributed by atoms with Crippen LogP contribution in [0.1, 0.15) is 28.8 Å². The fourth-order valence-electron chi connectivity index (χ4n) is 3.42. The molecule has 6 heteroatoms. The van der Waals surface area contributed by atoms with Crippen molar-refractivity contribution in [3.05, 3.63) is 59.4 Å². The third kappa shape index (κ3) is 3.33. The zero-order valence-electron chi connectivity index (χ0n) is 16.5. The van der Waals surface area contributed by atoms with E-state index < -0.39 is 0 Å². The van der Waals surface area contributed by atoms with Gasteiger partial charge in [-0.1, -0.05) is 24.8 Å². The van der Waals surface area contributed by atoms with Crippen LogP contribution in [0.15, 0.2) is 37.1 Å². The monoisotopic (exact) mass is 376 g/mol. The molecule has 0 amide bonds. The number of nitrogens with one attached hydrogen (secondary N) is 1. The zero-order chi connectivity index (χ0) is 19.7. The fraction of sp³-hybridized carbons (Fsp3) is 0.273. The van der Waals surface area contributed by atoms with Crippen LogP contribution in [0.25, 0.3) is 22.8 Å². The molecule has 6 nitrogen and oxygen atoms in total. The summed E-state index contributed by atoms with van der Waals surface area (Å²) in [6, 6.07) is 6.31. The molecule has 0 radical (unpaired) electrons. The molecule has 28 heavy (non-hydrogen) atoms. The van der Waals surface area contributed by atoms with Gasteiger partial charge in [0.1, 0.15) is 0 Å². The maximum atomic E-state index is 6.00. The van der Waals surface area contributed by atoms with Crippen molar-refractivity contribution in [2.75, 3.05) is 13.2 Å². The Morgan fingerprint density at radius 1 is 1.11 bits per heavy atom. The maximum Gasteiger partial charge on any atom is 0.219 e. The number of aromatic amines is 1. The summed E-state index contributed by atoms with van der Waals surface area (Å²) in [6.07, 6.45) is 6.60. The first kappa shape index (κ1) is 18.1. The van der Waals surface area contributed by atoms with Crippen LogP contribution in [0.2, 0.25) is 0 Å². The number of aromatic nitrogens is 4. The van der Waals surface area contributed by atoms with Gasteiger partial charge in [0.15, 0.2) is 0 Å². The van der Waals surface area contributed by atoms with E-state index in [1.54, 1.807) is 10.9 Å². The van der Waals surface area contributed by atoms with Crippen molar-refractivity contribution in [2.24, 2.45) is 7.05 Å². The van der Waals surface area contributed by atoms with E-state index >= 15 is 0 Å². The van der Waals surface area contributed by atoms with Crippen LogP contribution in [0.5, 0.6) is 11.8 Å². The summed E-state index contributed by atoms with van der Waals surface area (Å²) < 4.78 is 13.7. The second-order valence-electron chi connectivity index (χ2n) is 6.98. The van der Waals surface area contributed by atoms with Crippen LogP contribution in [-0.4, -0.2) is 33.2 Å². The summed E-state index contributed by atoms with van der Waals surface area (Å²) in [7, 11) is 1.89. The summed E-state index contributed by atoms with van der Waals surface area (Å²) in [6.45, 7) is 9.42. The molecule has 0 fully saturated rings. The molecule has 0 saturated heterocycles. The first-order valence-electron chi connectivity index (χ1n) is 9.35. The van der Waals surface area contributed by atoms with Gasteiger partial charge in [-0.2, -0.15) is 10.2 Å². The summed E-state index contributed by atoms with van der Waals surface area (Å²) in [5.41, 5.74) is 7.05. The lowest BCUT2D eigenvalue weighted by Crippen LogP contribution is -2.08. The molecule has 1 aromatic carbocycles. The summed E-state index contributed by atoms with van der Waals surface area (Å²) in [5.74, 6) is 1.42. The first-order chi connectivity index (χ1) is 13.5. The van der Waals surface area contributed by atoms with Gasteiger partial charge >= 0.3 is 0 Å². The maximum absolute atomic E-state index is 6.00. The molecule has 3 heterocycles. The number of benzene rings is 1. The second-order valence-corrected chi connectivity index (χ2v) is 6.98. The SMILES string of the molecule is C=C1/C=C/c2c(C)nn(C)c2OCCCOc2[nH]ncc2-c2ccc(C)c1c2. The van der Waals surface area contributed by atoms with E-state index in [4.69, 9.17) is 9.47 Å². The Kier molecular flexibility index (Phi) is 4.77. The predicted octanol–water partition coefficient (Wildman–Crippen LogP) is 4.31. The number of hydrogen-bond acceptors (Lipinski definition) is 4. The van der Waals surface area contributed by atoms with Crippen LogP contribution >= 0.6 is 0 Å². The Morgan fingerprint density at radius 2 is 1.93 bits per heavy atom. The molecule has 0 saturated carbocycles.